The lowest BCUT2D eigenvalue weighted by molar-refractivity contribution is -0.132. The Morgan fingerprint density at radius 2 is 1.90 bits per heavy atom. The molecule has 150 valence electrons. The molecule has 7 heteroatoms. The van der Waals surface area contributed by atoms with Crippen molar-refractivity contribution >= 4 is 23.1 Å². The van der Waals surface area contributed by atoms with E-state index in [1.165, 1.54) is 35.4 Å². The zero-order valence-electron chi connectivity index (χ0n) is 15.7. The van der Waals surface area contributed by atoms with Crippen LogP contribution >= 0.6 is 0 Å². The standard InChI is InChI=1S/C23H16FNO5/c24-15-4-6-16(7-5-15)25-20(18-2-1-10-29-18)19(22(27)23(25)28)21(26)14-3-8-17-13(12-14)9-11-30-17/h1-8,10,12,20,26H,9,11H2/b21-19-. The molecule has 2 aromatic carbocycles. The topological polar surface area (TPSA) is 80.0 Å². The SMILES string of the molecule is O=C1C(=O)N(c2ccc(F)cc2)C(c2ccco2)/C1=C(/O)c1ccc2c(c1)CCO2. The first kappa shape index (κ1) is 18.2. The fourth-order valence-electron chi connectivity index (χ4n) is 3.91. The molecule has 0 aliphatic carbocycles. The molecule has 1 fully saturated rings. The van der Waals surface area contributed by atoms with Gasteiger partial charge in [0.1, 0.15) is 29.1 Å². The molecule has 3 heterocycles. The molecule has 1 atom stereocenters. The summed E-state index contributed by atoms with van der Waals surface area (Å²) in [5.74, 6) is -1.38. The number of hydrogen-bond acceptors (Lipinski definition) is 5. The molecule has 0 bridgehead atoms. The Bertz CT molecular complexity index is 1180. The summed E-state index contributed by atoms with van der Waals surface area (Å²) in [6, 6.07) is 12.6. The number of carbonyl (C=O) groups excluding carboxylic acids is 2. The summed E-state index contributed by atoms with van der Waals surface area (Å²) in [5.41, 5.74) is 1.56. The number of aliphatic hydroxyl groups is 1. The Hall–Kier alpha value is -3.87. The monoisotopic (exact) mass is 405 g/mol. The molecule has 0 spiro atoms. The van der Waals surface area contributed by atoms with Crippen molar-refractivity contribution in [2.45, 2.75) is 12.5 Å². The van der Waals surface area contributed by atoms with Crippen LogP contribution in [0.15, 0.2) is 70.9 Å². The highest BCUT2D eigenvalue weighted by Gasteiger charge is 2.48. The van der Waals surface area contributed by atoms with Crippen LogP contribution in [0.1, 0.15) is 22.9 Å². The van der Waals surface area contributed by atoms with Gasteiger partial charge in [-0.25, -0.2) is 4.39 Å². The van der Waals surface area contributed by atoms with Crippen molar-refractivity contribution in [3.63, 3.8) is 0 Å². The number of amides is 1. The summed E-state index contributed by atoms with van der Waals surface area (Å²) in [6.07, 6.45) is 2.12. The van der Waals surface area contributed by atoms with Gasteiger partial charge in [0.05, 0.1) is 18.4 Å². The summed E-state index contributed by atoms with van der Waals surface area (Å²) in [4.78, 5) is 27.1. The molecule has 3 aromatic rings. The summed E-state index contributed by atoms with van der Waals surface area (Å²) >= 11 is 0. The smallest absolute Gasteiger partial charge is 0.300 e. The summed E-state index contributed by atoms with van der Waals surface area (Å²) in [6.45, 7) is 0.556. The van der Waals surface area contributed by atoms with Crippen LogP contribution in [-0.2, 0) is 16.0 Å². The number of halogens is 1. The Labute approximate surface area is 170 Å². The number of hydrogen-bond donors (Lipinski definition) is 1. The average Bonchev–Trinajstić information content (AvgIpc) is 3.48. The Kier molecular flexibility index (Phi) is 4.17. The van der Waals surface area contributed by atoms with E-state index in [0.29, 0.717) is 30.0 Å². The van der Waals surface area contributed by atoms with Crippen LogP contribution in [0.3, 0.4) is 0 Å². The number of ketones is 1. The third-order valence-electron chi connectivity index (χ3n) is 5.32. The van der Waals surface area contributed by atoms with E-state index >= 15 is 0 Å². The van der Waals surface area contributed by atoms with Crippen LogP contribution in [0, 0.1) is 5.82 Å². The third kappa shape index (κ3) is 2.78. The van der Waals surface area contributed by atoms with Gasteiger partial charge in [-0.2, -0.15) is 0 Å². The van der Waals surface area contributed by atoms with Crippen molar-refractivity contribution in [2.24, 2.45) is 0 Å². The number of furan rings is 1. The van der Waals surface area contributed by atoms with Gasteiger partial charge in [-0.15, -0.1) is 0 Å². The summed E-state index contributed by atoms with van der Waals surface area (Å²) in [7, 11) is 0. The van der Waals surface area contributed by atoms with E-state index in [0.717, 1.165) is 11.3 Å². The molecule has 6 nitrogen and oxygen atoms in total. The Balaban J connectivity index is 1.68. The minimum atomic E-state index is -0.977. The second kappa shape index (κ2) is 6.88. The summed E-state index contributed by atoms with van der Waals surface area (Å²) in [5, 5.41) is 11.1. The molecular weight excluding hydrogens is 389 g/mol. The van der Waals surface area contributed by atoms with Crippen molar-refractivity contribution < 1.29 is 28.2 Å². The third-order valence-corrected chi connectivity index (χ3v) is 5.32. The zero-order chi connectivity index (χ0) is 20.8. The van der Waals surface area contributed by atoms with Gasteiger partial charge in [0.2, 0.25) is 0 Å². The Morgan fingerprint density at radius 1 is 1.10 bits per heavy atom. The van der Waals surface area contributed by atoms with E-state index in [4.69, 9.17) is 9.15 Å². The maximum absolute atomic E-state index is 13.4. The molecule has 5 rings (SSSR count). The average molecular weight is 405 g/mol. The van der Waals surface area contributed by atoms with Crippen LogP contribution in [-0.4, -0.2) is 23.4 Å². The number of rotatable bonds is 3. The van der Waals surface area contributed by atoms with Crippen LogP contribution in [0.25, 0.3) is 5.76 Å². The maximum Gasteiger partial charge on any atom is 0.300 e. The van der Waals surface area contributed by atoms with E-state index in [9.17, 15) is 19.1 Å². The van der Waals surface area contributed by atoms with Gasteiger partial charge in [-0.3, -0.25) is 14.5 Å². The quantitative estimate of drug-likeness (QED) is 0.405. The van der Waals surface area contributed by atoms with Crippen molar-refractivity contribution in [3.05, 3.63) is 89.1 Å². The van der Waals surface area contributed by atoms with Gasteiger partial charge in [-0.05, 0) is 60.2 Å². The number of anilines is 1. The van der Waals surface area contributed by atoms with Crippen molar-refractivity contribution in [1.82, 2.24) is 0 Å². The first-order valence-electron chi connectivity index (χ1n) is 9.40. The van der Waals surface area contributed by atoms with E-state index in [1.807, 2.05) is 0 Å². The number of fused-ring (bicyclic) bond motifs is 1. The molecule has 1 unspecified atom stereocenters. The van der Waals surface area contributed by atoms with E-state index in [2.05, 4.69) is 0 Å². The molecule has 1 saturated heterocycles. The van der Waals surface area contributed by atoms with Gasteiger partial charge in [-0.1, -0.05) is 0 Å². The molecule has 1 amide bonds. The zero-order valence-corrected chi connectivity index (χ0v) is 15.7. The molecule has 1 aromatic heterocycles. The number of ether oxygens (including phenoxy) is 1. The normalized spacial score (nSPS) is 19.8. The number of aliphatic hydroxyl groups excluding tert-OH is 1. The van der Waals surface area contributed by atoms with Gasteiger partial charge in [0.15, 0.2) is 0 Å². The maximum atomic E-state index is 13.4. The van der Waals surface area contributed by atoms with Crippen molar-refractivity contribution in [2.75, 3.05) is 11.5 Å². The molecule has 30 heavy (non-hydrogen) atoms. The number of nitrogens with zero attached hydrogens (tertiary/aromatic N) is 1. The fourth-order valence-corrected chi connectivity index (χ4v) is 3.91. The largest absolute Gasteiger partial charge is 0.507 e. The van der Waals surface area contributed by atoms with Crippen LogP contribution < -0.4 is 9.64 Å². The summed E-state index contributed by atoms with van der Waals surface area (Å²) < 4.78 is 24.4. The van der Waals surface area contributed by atoms with Crippen LogP contribution in [0.5, 0.6) is 5.75 Å². The highest BCUT2D eigenvalue weighted by atomic mass is 19.1. The first-order valence-corrected chi connectivity index (χ1v) is 9.40. The molecule has 1 N–H and O–H groups in total. The molecular formula is C23H16FNO5. The predicted molar refractivity (Wildman–Crippen MR) is 106 cm³/mol. The number of benzene rings is 2. The van der Waals surface area contributed by atoms with Gasteiger partial charge in [0.25, 0.3) is 11.7 Å². The lowest BCUT2D eigenvalue weighted by Gasteiger charge is -2.23. The molecule has 2 aliphatic rings. The fraction of sp³-hybridized carbons (Fsp3) is 0.130. The number of Topliss-reactive ketones (excluding diaryl/α,β-unsaturated/α-hetero) is 1. The van der Waals surface area contributed by atoms with Crippen molar-refractivity contribution in [3.8, 4) is 5.75 Å². The second-order valence-corrected chi connectivity index (χ2v) is 7.08. The van der Waals surface area contributed by atoms with E-state index < -0.39 is 23.5 Å². The predicted octanol–water partition coefficient (Wildman–Crippen LogP) is 3.98. The van der Waals surface area contributed by atoms with Gasteiger partial charge >= 0.3 is 0 Å². The lowest BCUT2D eigenvalue weighted by atomic mass is 9.98. The number of carbonyl (C=O) groups is 2. The lowest BCUT2D eigenvalue weighted by Crippen LogP contribution is -2.29. The highest BCUT2D eigenvalue weighted by molar-refractivity contribution is 6.51. The molecule has 2 aliphatic heterocycles. The van der Waals surface area contributed by atoms with E-state index in [1.54, 1.807) is 30.3 Å². The van der Waals surface area contributed by atoms with Crippen molar-refractivity contribution in [1.29, 1.82) is 0 Å². The van der Waals surface area contributed by atoms with Crippen LogP contribution in [0.4, 0.5) is 10.1 Å². The second-order valence-electron chi connectivity index (χ2n) is 7.08. The molecule has 0 radical (unpaired) electrons. The molecule has 0 saturated carbocycles. The Morgan fingerprint density at radius 3 is 2.63 bits per heavy atom. The van der Waals surface area contributed by atoms with Gasteiger partial charge in [0, 0.05) is 17.7 Å². The first-order chi connectivity index (χ1) is 14.5. The van der Waals surface area contributed by atoms with Crippen LogP contribution in [0.2, 0.25) is 0 Å². The van der Waals surface area contributed by atoms with E-state index in [-0.39, 0.29) is 11.3 Å². The minimum absolute atomic E-state index is 0.0851. The highest BCUT2D eigenvalue weighted by Crippen LogP contribution is 2.42. The van der Waals surface area contributed by atoms with Gasteiger partial charge < -0.3 is 14.3 Å². The minimum Gasteiger partial charge on any atom is -0.507 e.